The zero-order valence-corrected chi connectivity index (χ0v) is 21.9. The third-order valence-corrected chi connectivity index (χ3v) is 7.86. The van der Waals surface area contributed by atoms with Crippen molar-refractivity contribution in [3.8, 4) is 38.7 Å². The van der Waals surface area contributed by atoms with Gasteiger partial charge in [-0.2, -0.15) is 4.52 Å². The maximum atomic E-state index is 9.49. The van der Waals surface area contributed by atoms with Crippen molar-refractivity contribution in [3.05, 3.63) is 64.8 Å². The average molecular weight is 535 g/mol. The van der Waals surface area contributed by atoms with Gasteiger partial charge in [0.15, 0.2) is 5.76 Å². The van der Waals surface area contributed by atoms with Crippen LogP contribution in [0.2, 0.25) is 0 Å². The van der Waals surface area contributed by atoms with Gasteiger partial charge < -0.3 is 23.7 Å². The summed E-state index contributed by atoms with van der Waals surface area (Å²) in [5.41, 5.74) is 4.03. The van der Waals surface area contributed by atoms with E-state index in [0.717, 1.165) is 26.4 Å². The van der Waals surface area contributed by atoms with Crippen LogP contribution in [0.1, 0.15) is 16.1 Å². The molecule has 1 N–H and O–H groups in total. The highest BCUT2D eigenvalue weighted by Crippen LogP contribution is 2.38. The van der Waals surface area contributed by atoms with Gasteiger partial charge in [0.05, 0.1) is 38.1 Å². The van der Waals surface area contributed by atoms with Crippen molar-refractivity contribution in [1.29, 1.82) is 0 Å². The molecule has 6 rings (SSSR count). The fraction of sp³-hybridized carbons (Fsp3) is 0.192. The second-order valence-electron chi connectivity index (χ2n) is 8.23. The molecule has 0 saturated heterocycles. The molecule has 0 fully saturated rings. The van der Waals surface area contributed by atoms with Gasteiger partial charge in [0, 0.05) is 22.6 Å². The molecule has 4 heterocycles. The van der Waals surface area contributed by atoms with Crippen LogP contribution in [-0.4, -0.2) is 38.9 Å². The van der Waals surface area contributed by atoms with E-state index >= 15 is 0 Å². The first-order chi connectivity index (χ1) is 18.1. The van der Waals surface area contributed by atoms with Crippen molar-refractivity contribution in [3.63, 3.8) is 0 Å². The Morgan fingerprint density at radius 2 is 1.97 bits per heavy atom. The zero-order valence-electron chi connectivity index (χ0n) is 20.2. The first-order valence-corrected chi connectivity index (χ1v) is 13.0. The molecule has 0 spiro atoms. The van der Waals surface area contributed by atoms with Crippen LogP contribution in [0.15, 0.2) is 53.1 Å². The van der Waals surface area contributed by atoms with Crippen molar-refractivity contribution in [1.82, 2.24) is 19.6 Å². The second-order valence-corrected chi connectivity index (χ2v) is 10.3. The van der Waals surface area contributed by atoms with E-state index in [1.165, 1.54) is 11.3 Å². The third-order valence-electron chi connectivity index (χ3n) is 5.91. The molecule has 0 radical (unpaired) electrons. The van der Waals surface area contributed by atoms with Gasteiger partial charge in [-0.05, 0) is 36.0 Å². The van der Waals surface area contributed by atoms with E-state index in [-0.39, 0.29) is 6.61 Å². The summed E-state index contributed by atoms with van der Waals surface area (Å²) in [4.78, 5) is 10.7. The molecule has 0 amide bonds. The van der Waals surface area contributed by atoms with Gasteiger partial charge in [-0.3, -0.25) is 0 Å². The van der Waals surface area contributed by atoms with Crippen molar-refractivity contribution in [2.75, 3.05) is 14.2 Å². The summed E-state index contributed by atoms with van der Waals surface area (Å²) in [6.07, 6.45) is 1.72. The zero-order chi connectivity index (χ0) is 25.5. The molecule has 11 heteroatoms. The Morgan fingerprint density at radius 3 is 2.76 bits per heavy atom. The number of hydrogen-bond acceptors (Lipinski definition) is 10. The fourth-order valence-electron chi connectivity index (χ4n) is 4.03. The van der Waals surface area contributed by atoms with Crippen LogP contribution < -0.4 is 14.2 Å². The molecule has 0 bridgehead atoms. The Labute approximate surface area is 219 Å². The molecule has 4 aromatic heterocycles. The Morgan fingerprint density at radius 1 is 1.08 bits per heavy atom. The number of furan rings is 1. The minimum atomic E-state index is -0.0650. The lowest BCUT2D eigenvalue weighted by molar-refractivity contribution is 0.277. The molecule has 9 nitrogen and oxygen atoms in total. The Hall–Kier alpha value is -3.93. The van der Waals surface area contributed by atoms with Crippen molar-refractivity contribution >= 4 is 38.6 Å². The Kier molecular flexibility index (Phi) is 6.03. The van der Waals surface area contributed by atoms with E-state index in [0.29, 0.717) is 51.0 Å². The Bertz CT molecular complexity index is 1730. The summed E-state index contributed by atoms with van der Waals surface area (Å²) < 4.78 is 24.9. The number of aliphatic hydroxyl groups is 1. The number of aryl methyl sites for hydroxylation is 1. The maximum Gasteiger partial charge on any atom is 0.294 e. The van der Waals surface area contributed by atoms with Gasteiger partial charge in [-0.25, -0.2) is 9.97 Å². The highest BCUT2D eigenvalue weighted by Gasteiger charge is 2.18. The molecule has 0 unspecified atom stereocenters. The van der Waals surface area contributed by atoms with Gasteiger partial charge in [-0.15, -0.1) is 16.4 Å². The number of fused-ring (bicyclic) bond motifs is 2. The van der Waals surface area contributed by atoms with E-state index in [4.69, 9.17) is 18.6 Å². The van der Waals surface area contributed by atoms with Crippen LogP contribution in [0.5, 0.6) is 16.7 Å². The third kappa shape index (κ3) is 4.31. The number of hydrogen-bond donors (Lipinski definition) is 1. The van der Waals surface area contributed by atoms with Crippen molar-refractivity contribution in [2.24, 2.45) is 0 Å². The van der Waals surface area contributed by atoms with Gasteiger partial charge in [0.25, 0.3) is 5.19 Å². The number of ether oxygens (including phenoxy) is 3. The summed E-state index contributed by atoms with van der Waals surface area (Å²) >= 11 is 2.92. The largest absolute Gasteiger partial charge is 0.496 e. The molecule has 0 saturated carbocycles. The molecule has 0 aliphatic carbocycles. The average Bonchev–Trinajstić information content (AvgIpc) is 3.69. The van der Waals surface area contributed by atoms with E-state index in [2.05, 4.69) is 21.1 Å². The highest BCUT2D eigenvalue weighted by molar-refractivity contribution is 7.18. The fourth-order valence-corrected chi connectivity index (χ4v) is 5.64. The van der Waals surface area contributed by atoms with Gasteiger partial charge in [0.1, 0.15) is 34.4 Å². The summed E-state index contributed by atoms with van der Waals surface area (Å²) in [7, 11) is 3.19. The number of nitrogens with zero attached hydrogens (tertiary/aromatic N) is 4. The molecule has 37 heavy (non-hydrogen) atoms. The van der Waals surface area contributed by atoms with Gasteiger partial charge in [-0.1, -0.05) is 18.2 Å². The SMILES string of the molecule is COc1cc(OCc2cccc(-c3nc(CO)c(C)s3)c2)c2cc(-c3cnc4sc(OC)nn34)oc2c1. The van der Waals surface area contributed by atoms with Crippen molar-refractivity contribution < 1.29 is 23.7 Å². The second kappa shape index (κ2) is 9.51. The number of aliphatic hydroxyl groups excluding tert-OH is 1. The number of methoxy groups -OCH3 is 2. The van der Waals surface area contributed by atoms with E-state index in [1.807, 2.05) is 43.3 Å². The van der Waals surface area contributed by atoms with E-state index < -0.39 is 0 Å². The number of benzene rings is 2. The van der Waals surface area contributed by atoms with Crippen LogP contribution in [0, 0.1) is 6.92 Å². The minimum absolute atomic E-state index is 0.0650. The quantitative estimate of drug-likeness (QED) is 0.264. The van der Waals surface area contributed by atoms with Crippen LogP contribution in [0.3, 0.4) is 0 Å². The number of thiazole rings is 1. The van der Waals surface area contributed by atoms with E-state index in [9.17, 15) is 5.11 Å². The number of rotatable bonds is 8. The molecule has 0 atom stereocenters. The lowest BCUT2D eigenvalue weighted by Crippen LogP contribution is -1.97. The molecule has 188 valence electrons. The smallest absolute Gasteiger partial charge is 0.294 e. The van der Waals surface area contributed by atoms with E-state index in [1.54, 1.807) is 36.3 Å². The molecule has 0 aliphatic rings. The summed E-state index contributed by atoms with van der Waals surface area (Å²) in [6.45, 7) is 2.24. The lowest BCUT2D eigenvalue weighted by atomic mass is 10.1. The van der Waals surface area contributed by atoms with Crippen LogP contribution in [0.25, 0.3) is 38.0 Å². The van der Waals surface area contributed by atoms with Gasteiger partial charge in [0.2, 0.25) is 4.96 Å². The predicted molar refractivity (Wildman–Crippen MR) is 142 cm³/mol. The Balaban J connectivity index is 1.32. The standard InChI is InChI=1S/C26H22N4O5S2/c1-14-19(12-31)28-24(36-14)16-6-4-5-15(7-16)13-34-21-8-17(32-2)9-22-18(21)10-23(35-22)20-11-27-25-30(20)29-26(33-3)37-25/h4-11,31H,12-13H2,1-3H3. The molecule has 6 aromatic rings. The number of imidazole rings is 1. The lowest BCUT2D eigenvalue weighted by Gasteiger charge is -2.10. The molecule has 0 aliphatic heterocycles. The van der Waals surface area contributed by atoms with Crippen LogP contribution in [0.4, 0.5) is 0 Å². The number of aromatic nitrogens is 4. The molecular weight excluding hydrogens is 512 g/mol. The summed E-state index contributed by atoms with van der Waals surface area (Å²) in [5.74, 6) is 1.87. The summed E-state index contributed by atoms with van der Waals surface area (Å²) in [5, 5.41) is 16.1. The monoisotopic (exact) mass is 534 g/mol. The first kappa shape index (κ1) is 23.5. The highest BCUT2D eigenvalue weighted by atomic mass is 32.1. The molecule has 2 aromatic carbocycles. The molecular formula is C26H22N4O5S2. The topological polar surface area (TPSA) is 104 Å². The minimum Gasteiger partial charge on any atom is -0.496 e. The maximum absolute atomic E-state index is 9.49. The predicted octanol–water partition coefficient (Wildman–Crippen LogP) is 5.72. The normalized spacial score (nSPS) is 11.5. The first-order valence-electron chi connectivity index (χ1n) is 11.4. The van der Waals surface area contributed by atoms with Crippen LogP contribution in [-0.2, 0) is 13.2 Å². The van der Waals surface area contributed by atoms with Crippen LogP contribution >= 0.6 is 22.7 Å². The summed E-state index contributed by atoms with van der Waals surface area (Å²) in [6, 6.07) is 13.6. The van der Waals surface area contributed by atoms with Gasteiger partial charge >= 0.3 is 0 Å². The van der Waals surface area contributed by atoms with Crippen molar-refractivity contribution in [2.45, 2.75) is 20.1 Å².